The van der Waals surface area contributed by atoms with Gasteiger partial charge in [-0.3, -0.25) is 0 Å². The maximum Gasteiger partial charge on any atom is -0.0351 e. The summed E-state index contributed by atoms with van der Waals surface area (Å²) in [5.41, 5.74) is 0. The van der Waals surface area contributed by atoms with E-state index in [1.165, 1.54) is 96.3 Å². The van der Waals surface area contributed by atoms with Crippen LogP contribution >= 0.6 is 0 Å². The van der Waals surface area contributed by atoms with Gasteiger partial charge in [0.05, 0.1) is 0 Å². The highest BCUT2D eigenvalue weighted by Gasteiger charge is 1.92. The molecule has 0 unspecified atom stereocenters. The Morgan fingerprint density at radius 3 is 1.40 bits per heavy atom. The van der Waals surface area contributed by atoms with Crippen LogP contribution in [0.25, 0.3) is 0 Å². The van der Waals surface area contributed by atoms with Gasteiger partial charge < -0.3 is 0 Å². The molecule has 0 aromatic carbocycles. The van der Waals surface area contributed by atoms with Gasteiger partial charge in [-0.2, -0.15) is 0 Å². The van der Waals surface area contributed by atoms with Crippen LogP contribution in [0.2, 0.25) is 0 Å². The molecule has 0 spiro atoms. The fraction of sp³-hybridized carbons (Fsp3) is 0.850. The van der Waals surface area contributed by atoms with Gasteiger partial charge in [0.1, 0.15) is 0 Å². The monoisotopic (exact) mass is 279 g/mol. The van der Waals surface area contributed by atoms with Crippen LogP contribution < -0.4 is 0 Å². The number of hydrogen-bond acceptors (Lipinski definition) is 0. The van der Waals surface area contributed by atoms with Crippen molar-refractivity contribution in [3.63, 3.8) is 0 Å². The van der Waals surface area contributed by atoms with Gasteiger partial charge in [0.15, 0.2) is 0 Å². The molecule has 0 aliphatic rings. The minimum absolute atomic E-state index is 1.10. The molecule has 20 heavy (non-hydrogen) atoms. The third-order valence-electron chi connectivity index (χ3n) is 4.01. The van der Waals surface area contributed by atoms with E-state index in [4.69, 9.17) is 0 Å². The van der Waals surface area contributed by atoms with Gasteiger partial charge in [-0.05, 0) is 25.7 Å². The normalized spacial score (nSPS) is 11.5. The van der Waals surface area contributed by atoms with Crippen molar-refractivity contribution in [2.45, 2.75) is 110 Å². The molecule has 0 bridgehead atoms. The van der Waals surface area contributed by atoms with Crippen molar-refractivity contribution in [2.75, 3.05) is 0 Å². The molecule has 0 aromatic heterocycles. The maximum absolute atomic E-state index is 3.87. The van der Waals surface area contributed by atoms with E-state index in [9.17, 15) is 0 Å². The Morgan fingerprint density at radius 1 is 0.550 bits per heavy atom. The van der Waals surface area contributed by atoms with E-state index in [-0.39, 0.29) is 0 Å². The van der Waals surface area contributed by atoms with E-state index >= 15 is 0 Å². The van der Waals surface area contributed by atoms with Gasteiger partial charge in [0.2, 0.25) is 0 Å². The molecular formula is C20H39. The van der Waals surface area contributed by atoms with Gasteiger partial charge >= 0.3 is 0 Å². The SMILES string of the molecule is [CH2]CCCCC/C=C/CCCCCCCCCCCC. The van der Waals surface area contributed by atoms with Crippen molar-refractivity contribution in [1.29, 1.82) is 0 Å². The minimum Gasteiger partial charge on any atom is -0.0885 e. The average molecular weight is 280 g/mol. The second-order valence-electron chi connectivity index (χ2n) is 6.14. The third kappa shape index (κ3) is 17.7. The van der Waals surface area contributed by atoms with E-state index in [0.717, 1.165) is 6.42 Å². The molecule has 0 nitrogen and oxygen atoms in total. The summed E-state index contributed by atoms with van der Waals surface area (Å²) in [6.07, 6.45) is 26.8. The van der Waals surface area contributed by atoms with Crippen molar-refractivity contribution in [3.05, 3.63) is 19.1 Å². The smallest absolute Gasteiger partial charge is 0.0351 e. The summed E-state index contributed by atoms with van der Waals surface area (Å²) < 4.78 is 0. The van der Waals surface area contributed by atoms with Crippen LogP contribution in [0.1, 0.15) is 110 Å². The minimum atomic E-state index is 1.10. The lowest BCUT2D eigenvalue weighted by Gasteiger charge is -2.01. The summed E-state index contributed by atoms with van der Waals surface area (Å²) in [5.74, 6) is 0. The number of unbranched alkanes of at least 4 members (excludes halogenated alkanes) is 14. The molecule has 0 heteroatoms. The van der Waals surface area contributed by atoms with Gasteiger partial charge in [-0.25, -0.2) is 0 Å². The zero-order valence-electron chi connectivity index (χ0n) is 14.2. The molecule has 0 atom stereocenters. The van der Waals surface area contributed by atoms with Crippen LogP contribution in [-0.4, -0.2) is 0 Å². The van der Waals surface area contributed by atoms with Crippen molar-refractivity contribution in [2.24, 2.45) is 0 Å². The van der Waals surface area contributed by atoms with Crippen LogP contribution in [0, 0.1) is 6.92 Å². The molecule has 0 aliphatic carbocycles. The van der Waals surface area contributed by atoms with E-state index in [0.29, 0.717) is 0 Å². The molecule has 0 N–H and O–H groups in total. The highest BCUT2D eigenvalue weighted by atomic mass is 14.0. The van der Waals surface area contributed by atoms with Crippen molar-refractivity contribution in [3.8, 4) is 0 Å². The summed E-state index contributed by atoms with van der Waals surface area (Å²) in [4.78, 5) is 0. The maximum atomic E-state index is 3.87. The molecule has 0 fully saturated rings. The van der Waals surface area contributed by atoms with E-state index in [2.05, 4.69) is 26.0 Å². The summed E-state index contributed by atoms with van der Waals surface area (Å²) in [6.45, 7) is 6.16. The molecular weight excluding hydrogens is 240 g/mol. The first-order valence-electron chi connectivity index (χ1n) is 9.36. The lowest BCUT2D eigenvalue weighted by atomic mass is 10.1. The lowest BCUT2D eigenvalue weighted by Crippen LogP contribution is -1.81. The number of allylic oxidation sites excluding steroid dienone is 2. The summed E-state index contributed by atoms with van der Waals surface area (Å²) in [5, 5.41) is 0. The summed E-state index contributed by atoms with van der Waals surface area (Å²) >= 11 is 0. The molecule has 0 saturated carbocycles. The van der Waals surface area contributed by atoms with E-state index in [1.807, 2.05) is 0 Å². The van der Waals surface area contributed by atoms with Gasteiger partial charge in [-0.15, -0.1) is 0 Å². The first-order chi connectivity index (χ1) is 9.91. The summed E-state index contributed by atoms with van der Waals surface area (Å²) in [7, 11) is 0. The van der Waals surface area contributed by atoms with Crippen LogP contribution in [-0.2, 0) is 0 Å². The zero-order chi connectivity index (χ0) is 14.7. The second-order valence-corrected chi connectivity index (χ2v) is 6.14. The quantitative estimate of drug-likeness (QED) is 0.201. The molecule has 0 aromatic rings. The topological polar surface area (TPSA) is 0 Å². The van der Waals surface area contributed by atoms with E-state index < -0.39 is 0 Å². The number of hydrogen-bond donors (Lipinski definition) is 0. The van der Waals surface area contributed by atoms with Crippen LogP contribution in [0.15, 0.2) is 12.2 Å². The Morgan fingerprint density at radius 2 is 0.950 bits per heavy atom. The average Bonchev–Trinajstić information content (AvgIpc) is 2.47. The fourth-order valence-electron chi connectivity index (χ4n) is 2.60. The van der Waals surface area contributed by atoms with Gasteiger partial charge in [-0.1, -0.05) is 103 Å². The molecule has 1 radical (unpaired) electrons. The molecule has 0 aliphatic heterocycles. The van der Waals surface area contributed by atoms with Gasteiger partial charge in [0, 0.05) is 0 Å². The largest absolute Gasteiger partial charge is 0.0885 e. The highest BCUT2D eigenvalue weighted by Crippen LogP contribution is 2.11. The Labute approximate surface area is 129 Å². The first kappa shape index (κ1) is 19.7. The van der Waals surface area contributed by atoms with Crippen LogP contribution in [0.3, 0.4) is 0 Å². The molecule has 0 heterocycles. The van der Waals surface area contributed by atoms with Crippen molar-refractivity contribution < 1.29 is 0 Å². The van der Waals surface area contributed by atoms with E-state index in [1.54, 1.807) is 0 Å². The predicted octanol–water partition coefficient (Wildman–Crippen LogP) is 7.64. The Hall–Kier alpha value is -0.260. The van der Waals surface area contributed by atoms with Crippen molar-refractivity contribution in [1.82, 2.24) is 0 Å². The van der Waals surface area contributed by atoms with Crippen molar-refractivity contribution >= 4 is 0 Å². The standard InChI is InChI=1S/C20H39/c1-3-5-7-9-11-13-15-17-19-20-18-16-14-12-10-8-6-4-2/h13,15H,1,3-12,14,16-20H2,2H3/b15-13+. The molecule has 119 valence electrons. The fourth-order valence-corrected chi connectivity index (χ4v) is 2.60. The zero-order valence-corrected chi connectivity index (χ0v) is 14.2. The second kappa shape index (κ2) is 18.7. The summed E-state index contributed by atoms with van der Waals surface area (Å²) in [6, 6.07) is 0. The predicted molar refractivity (Wildman–Crippen MR) is 94.0 cm³/mol. The van der Waals surface area contributed by atoms with Gasteiger partial charge in [0.25, 0.3) is 0 Å². The Bertz CT molecular complexity index is 180. The number of rotatable bonds is 16. The van der Waals surface area contributed by atoms with Crippen LogP contribution in [0.4, 0.5) is 0 Å². The Kier molecular flexibility index (Phi) is 18.5. The highest BCUT2D eigenvalue weighted by molar-refractivity contribution is 4.81. The lowest BCUT2D eigenvalue weighted by molar-refractivity contribution is 0.557. The Balaban J connectivity index is 3.00. The van der Waals surface area contributed by atoms with Crippen LogP contribution in [0.5, 0.6) is 0 Å². The molecule has 0 amide bonds. The molecule has 0 saturated heterocycles. The molecule has 0 rings (SSSR count). The first-order valence-corrected chi connectivity index (χ1v) is 9.36. The third-order valence-corrected chi connectivity index (χ3v) is 4.01.